The minimum absolute atomic E-state index is 0.0118. The number of hydrogen-bond acceptors (Lipinski definition) is 3. The van der Waals surface area contributed by atoms with Gasteiger partial charge in [-0.2, -0.15) is 0 Å². The minimum atomic E-state index is -0.794. The van der Waals surface area contributed by atoms with Crippen molar-refractivity contribution in [2.45, 2.75) is 18.4 Å². The molecule has 19 heavy (non-hydrogen) atoms. The van der Waals surface area contributed by atoms with Crippen molar-refractivity contribution in [3.63, 3.8) is 0 Å². The van der Waals surface area contributed by atoms with Crippen LogP contribution in [0.4, 0.5) is 5.69 Å². The highest BCUT2D eigenvalue weighted by Gasteiger charge is 2.44. The summed E-state index contributed by atoms with van der Waals surface area (Å²) in [4.78, 5) is 13.9. The molecule has 4 nitrogen and oxygen atoms in total. The van der Waals surface area contributed by atoms with E-state index in [2.05, 4.69) is 4.90 Å². The summed E-state index contributed by atoms with van der Waals surface area (Å²) in [6.45, 7) is 1.19. The van der Waals surface area contributed by atoms with E-state index < -0.39 is 11.9 Å². The first kappa shape index (κ1) is 12.8. The molecule has 0 spiro atoms. The van der Waals surface area contributed by atoms with Gasteiger partial charge in [-0.25, -0.2) is 0 Å². The van der Waals surface area contributed by atoms with Crippen LogP contribution in [0.15, 0.2) is 18.2 Å². The lowest BCUT2D eigenvalue weighted by atomic mass is 9.75. The first-order valence-corrected chi connectivity index (χ1v) is 6.80. The SMILES string of the molecule is CN1c2ccc(Cl)cc2C(C(=O)O)C2COCCC21. The molecule has 1 fully saturated rings. The van der Waals surface area contributed by atoms with Crippen molar-refractivity contribution in [1.82, 2.24) is 0 Å². The van der Waals surface area contributed by atoms with Crippen molar-refractivity contribution in [3.8, 4) is 0 Å². The van der Waals surface area contributed by atoms with Crippen LogP contribution in [0.3, 0.4) is 0 Å². The molecule has 1 N–H and O–H groups in total. The summed E-state index contributed by atoms with van der Waals surface area (Å²) in [5.41, 5.74) is 1.77. The number of carboxylic acid groups (broad SMARTS) is 1. The molecule has 3 rings (SSSR count). The maximum absolute atomic E-state index is 11.7. The maximum atomic E-state index is 11.7. The van der Waals surface area contributed by atoms with Gasteiger partial charge in [0.25, 0.3) is 0 Å². The molecule has 0 amide bonds. The quantitative estimate of drug-likeness (QED) is 0.859. The number of benzene rings is 1. The predicted octanol–water partition coefficient (Wildman–Crippen LogP) is 2.36. The lowest BCUT2D eigenvalue weighted by Gasteiger charge is -2.46. The van der Waals surface area contributed by atoms with Crippen LogP contribution in [0.25, 0.3) is 0 Å². The summed E-state index contributed by atoms with van der Waals surface area (Å²) in [6.07, 6.45) is 0.868. The molecular weight excluding hydrogens is 266 g/mol. The molecule has 2 aliphatic heterocycles. The fourth-order valence-electron chi connectivity index (χ4n) is 3.37. The predicted molar refractivity (Wildman–Crippen MR) is 72.9 cm³/mol. The summed E-state index contributed by atoms with van der Waals surface area (Å²) in [6, 6.07) is 5.73. The topological polar surface area (TPSA) is 49.8 Å². The molecule has 0 saturated carbocycles. The number of anilines is 1. The van der Waals surface area contributed by atoms with E-state index in [0.29, 0.717) is 18.2 Å². The molecule has 102 valence electrons. The second-order valence-electron chi connectivity index (χ2n) is 5.22. The molecule has 2 heterocycles. The zero-order chi connectivity index (χ0) is 13.6. The summed E-state index contributed by atoms with van der Waals surface area (Å²) >= 11 is 6.03. The number of ether oxygens (including phenoxy) is 1. The molecule has 3 atom stereocenters. The van der Waals surface area contributed by atoms with Crippen LogP contribution in [0.1, 0.15) is 17.9 Å². The molecular formula is C14H16ClNO3. The van der Waals surface area contributed by atoms with E-state index in [-0.39, 0.29) is 12.0 Å². The van der Waals surface area contributed by atoms with Crippen LogP contribution in [0.5, 0.6) is 0 Å². The number of hydrogen-bond donors (Lipinski definition) is 1. The van der Waals surface area contributed by atoms with Crippen LogP contribution in [0.2, 0.25) is 5.02 Å². The van der Waals surface area contributed by atoms with Gasteiger partial charge >= 0.3 is 5.97 Å². The van der Waals surface area contributed by atoms with Crippen LogP contribution in [0, 0.1) is 5.92 Å². The van der Waals surface area contributed by atoms with Gasteiger partial charge in [0.15, 0.2) is 0 Å². The second kappa shape index (κ2) is 4.69. The Morgan fingerprint density at radius 2 is 2.32 bits per heavy atom. The highest BCUT2D eigenvalue weighted by Crippen LogP contribution is 2.44. The van der Waals surface area contributed by atoms with Crippen molar-refractivity contribution in [3.05, 3.63) is 28.8 Å². The van der Waals surface area contributed by atoms with Crippen LogP contribution >= 0.6 is 11.6 Å². The standard InChI is InChI=1S/C14H16ClNO3/c1-16-11-3-2-8(15)6-9(11)13(14(17)18)10-7-19-5-4-12(10)16/h2-3,6,10,12-13H,4-5,7H2,1H3,(H,17,18). The fourth-order valence-corrected chi connectivity index (χ4v) is 3.55. The summed E-state index contributed by atoms with van der Waals surface area (Å²) < 4.78 is 5.49. The zero-order valence-corrected chi connectivity index (χ0v) is 11.4. The van der Waals surface area contributed by atoms with E-state index in [1.165, 1.54) is 0 Å². The number of halogens is 1. The Morgan fingerprint density at radius 3 is 3.05 bits per heavy atom. The smallest absolute Gasteiger partial charge is 0.311 e. The van der Waals surface area contributed by atoms with E-state index in [1.54, 1.807) is 6.07 Å². The molecule has 0 radical (unpaired) electrons. The van der Waals surface area contributed by atoms with Gasteiger partial charge in [0.05, 0.1) is 12.5 Å². The van der Waals surface area contributed by atoms with Gasteiger partial charge in [0.1, 0.15) is 0 Å². The maximum Gasteiger partial charge on any atom is 0.311 e. The normalized spacial score (nSPS) is 29.6. The van der Waals surface area contributed by atoms with E-state index in [9.17, 15) is 9.90 Å². The van der Waals surface area contributed by atoms with Gasteiger partial charge in [-0.05, 0) is 30.2 Å². The molecule has 0 aromatic heterocycles. The van der Waals surface area contributed by atoms with Crippen molar-refractivity contribution >= 4 is 23.3 Å². The average molecular weight is 282 g/mol. The molecule has 1 aromatic rings. The van der Waals surface area contributed by atoms with Crippen molar-refractivity contribution in [1.29, 1.82) is 0 Å². The van der Waals surface area contributed by atoms with Crippen molar-refractivity contribution in [2.75, 3.05) is 25.2 Å². The van der Waals surface area contributed by atoms with Gasteiger partial charge in [0.2, 0.25) is 0 Å². The van der Waals surface area contributed by atoms with Crippen molar-refractivity contribution < 1.29 is 14.6 Å². The van der Waals surface area contributed by atoms with Crippen LogP contribution < -0.4 is 4.90 Å². The average Bonchev–Trinajstić information content (AvgIpc) is 2.38. The first-order chi connectivity index (χ1) is 9.09. The third kappa shape index (κ3) is 1.99. The summed E-state index contributed by atoms with van der Waals surface area (Å²) in [5, 5.41) is 10.2. The fraction of sp³-hybridized carbons (Fsp3) is 0.500. The number of carboxylic acids is 1. The number of fused-ring (bicyclic) bond motifs is 2. The number of rotatable bonds is 1. The van der Waals surface area contributed by atoms with Gasteiger partial charge in [-0.3, -0.25) is 4.79 Å². The van der Waals surface area contributed by atoms with Gasteiger partial charge in [-0.1, -0.05) is 11.6 Å². The van der Waals surface area contributed by atoms with E-state index >= 15 is 0 Å². The number of carbonyl (C=O) groups is 1. The Balaban J connectivity index is 2.13. The van der Waals surface area contributed by atoms with Gasteiger partial charge < -0.3 is 14.7 Å². The van der Waals surface area contributed by atoms with Crippen LogP contribution in [-0.4, -0.2) is 37.4 Å². The Morgan fingerprint density at radius 1 is 1.53 bits per heavy atom. The second-order valence-corrected chi connectivity index (χ2v) is 5.66. The molecule has 3 unspecified atom stereocenters. The molecule has 5 heteroatoms. The Bertz CT molecular complexity index is 519. The Kier molecular flexibility index (Phi) is 3.15. The van der Waals surface area contributed by atoms with Gasteiger partial charge in [-0.15, -0.1) is 0 Å². The first-order valence-electron chi connectivity index (χ1n) is 6.42. The lowest BCUT2D eigenvalue weighted by Crippen LogP contribution is -2.51. The largest absolute Gasteiger partial charge is 0.481 e. The van der Waals surface area contributed by atoms with E-state index in [0.717, 1.165) is 17.7 Å². The highest BCUT2D eigenvalue weighted by atomic mass is 35.5. The highest BCUT2D eigenvalue weighted by molar-refractivity contribution is 6.30. The molecule has 1 aromatic carbocycles. The lowest BCUT2D eigenvalue weighted by molar-refractivity contribution is -0.142. The monoisotopic (exact) mass is 281 g/mol. The molecule has 0 bridgehead atoms. The van der Waals surface area contributed by atoms with Crippen LogP contribution in [-0.2, 0) is 9.53 Å². The van der Waals surface area contributed by atoms with Crippen molar-refractivity contribution in [2.24, 2.45) is 5.92 Å². The van der Waals surface area contributed by atoms with E-state index in [1.807, 2.05) is 19.2 Å². The Hall–Kier alpha value is -1.26. The summed E-state index contributed by atoms with van der Waals surface area (Å²) in [5.74, 6) is -1.34. The molecule has 1 saturated heterocycles. The third-order valence-corrected chi connectivity index (χ3v) is 4.49. The third-order valence-electron chi connectivity index (χ3n) is 4.26. The Labute approximate surface area is 116 Å². The minimum Gasteiger partial charge on any atom is -0.481 e. The summed E-state index contributed by atoms with van der Waals surface area (Å²) in [7, 11) is 2.02. The van der Waals surface area contributed by atoms with E-state index in [4.69, 9.17) is 16.3 Å². The number of aliphatic carboxylic acids is 1. The molecule has 0 aliphatic carbocycles. The number of nitrogens with zero attached hydrogens (tertiary/aromatic N) is 1. The zero-order valence-electron chi connectivity index (χ0n) is 10.7. The van der Waals surface area contributed by atoms with Gasteiger partial charge in [0, 0.05) is 36.3 Å². The molecule has 2 aliphatic rings.